The predicted octanol–water partition coefficient (Wildman–Crippen LogP) is 1.32. The molecule has 4 heteroatoms. The fourth-order valence-corrected chi connectivity index (χ4v) is 0.974. The molecule has 1 aliphatic rings. The summed E-state index contributed by atoms with van der Waals surface area (Å²) in [6, 6.07) is -0.175. The molecule has 0 aromatic rings. The molecule has 60 valence electrons. The highest BCUT2D eigenvalue weighted by atomic mass is 16.5. The minimum atomic E-state index is -0.219. The third-order valence-electron chi connectivity index (χ3n) is 1.90. The van der Waals surface area contributed by atoms with E-state index in [0.717, 1.165) is 12.8 Å². The summed E-state index contributed by atoms with van der Waals surface area (Å²) >= 11 is 0. The van der Waals surface area contributed by atoms with Gasteiger partial charge in [0.25, 0.3) is 0 Å². The largest absolute Gasteiger partial charge is 0.454 e. The van der Waals surface area contributed by atoms with Crippen molar-refractivity contribution in [1.29, 1.82) is 5.39 Å². The van der Waals surface area contributed by atoms with E-state index in [9.17, 15) is 4.79 Å². The van der Waals surface area contributed by atoms with Crippen molar-refractivity contribution < 1.29 is 9.53 Å². The average molecular weight is 155 g/mol. The highest BCUT2D eigenvalue weighted by molar-refractivity contribution is 5.69. The van der Waals surface area contributed by atoms with E-state index in [-0.39, 0.29) is 18.1 Å². The van der Waals surface area contributed by atoms with Gasteiger partial charge in [0.05, 0.1) is 0 Å². The van der Waals surface area contributed by atoms with E-state index in [1.807, 2.05) is 0 Å². The molecule has 0 aromatic heterocycles. The van der Waals surface area contributed by atoms with Gasteiger partial charge in [-0.2, -0.15) is 0 Å². The van der Waals surface area contributed by atoms with Crippen LogP contribution in [-0.4, -0.2) is 18.1 Å². The van der Waals surface area contributed by atoms with Gasteiger partial charge in [0, 0.05) is 19.3 Å². The van der Waals surface area contributed by atoms with E-state index in [0.29, 0.717) is 6.42 Å². The zero-order valence-corrected chi connectivity index (χ0v) is 6.49. The highest BCUT2D eigenvalue weighted by Gasteiger charge is 2.44. The molecule has 0 saturated heterocycles. The van der Waals surface area contributed by atoms with Crippen molar-refractivity contribution in [2.24, 2.45) is 0 Å². The number of rotatable bonds is 2. The number of nitrogens with zero attached hydrogens (tertiary/aromatic N) is 2. The quantitative estimate of drug-likeness (QED) is 0.446. The molecule has 0 bridgehead atoms. The molecule has 1 aliphatic carbocycles. The van der Waals surface area contributed by atoms with Gasteiger partial charge in [-0.05, 0) is 0 Å². The van der Waals surface area contributed by atoms with Gasteiger partial charge < -0.3 is 4.74 Å². The third-order valence-corrected chi connectivity index (χ3v) is 1.90. The van der Waals surface area contributed by atoms with Crippen LogP contribution in [-0.2, 0) is 9.53 Å². The minimum absolute atomic E-state index is 0.174. The molecule has 1 rings (SSSR count). The zero-order chi connectivity index (χ0) is 8.27. The van der Waals surface area contributed by atoms with E-state index < -0.39 is 0 Å². The molecule has 0 aliphatic heterocycles. The fraction of sp³-hybridized carbons (Fsp3) is 0.857. The van der Waals surface area contributed by atoms with E-state index in [1.54, 1.807) is 6.92 Å². The summed E-state index contributed by atoms with van der Waals surface area (Å²) < 4.78 is 4.95. The van der Waals surface area contributed by atoms with Crippen LogP contribution in [0.1, 0.15) is 26.2 Å². The molecule has 2 atom stereocenters. The maximum absolute atomic E-state index is 10.7. The summed E-state index contributed by atoms with van der Waals surface area (Å²) in [6.07, 6.45) is 1.85. The first kappa shape index (κ1) is 7.99. The number of hydrogen-bond donors (Lipinski definition) is 0. The lowest BCUT2D eigenvalue weighted by Gasteiger charge is -2.22. The first-order valence-corrected chi connectivity index (χ1v) is 3.81. The second-order valence-electron chi connectivity index (χ2n) is 2.64. The van der Waals surface area contributed by atoms with E-state index >= 15 is 0 Å². The van der Waals surface area contributed by atoms with Crippen LogP contribution < -0.4 is 0 Å². The zero-order valence-electron chi connectivity index (χ0n) is 6.49. The molecule has 1 fully saturated rings. The first-order chi connectivity index (χ1) is 5.27. The molecule has 0 aromatic carbocycles. The summed E-state index contributed by atoms with van der Waals surface area (Å²) in [5.41, 5.74) is 0. The second-order valence-corrected chi connectivity index (χ2v) is 2.64. The molecule has 0 amide bonds. The number of hydrogen-bond acceptors (Lipinski definition) is 3. The second kappa shape index (κ2) is 3.33. The van der Waals surface area contributed by atoms with Crippen LogP contribution in [0.3, 0.4) is 0 Å². The van der Waals surface area contributed by atoms with Gasteiger partial charge in [-0.3, -0.25) is 4.79 Å². The third kappa shape index (κ3) is 1.67. The van der Waals surface area contributed by atoms with Gasteiger partial charge >= 0.3 is 12.0 Å². The number of esters is 1. The molecule has 0 radical (unpaired) electrons. The summed E-state index contributed by atoms with van der Waals surface area (Å²) in [4.78, 5) is 13.8. The lowest BCUT2D eigenvalue weighted by Crippen LogP contribution is -2.38. The standard InChI is InChI=1S/C7H11N2O2/c1-2-7(10)11-6-4-3-5(6)9-8/h5-6H,2-4H2,1H3/q+1. The summed E-state index contributed by atoms with van der Waals surface area (Å²) in [7, 11) is 0. The van der Waals surface area contributed by atoms with Crippen LogP contribution in [0, 0.1) is 5.39 Å². The maximum atomic E-state index is 10.7. The molecule has 1 saturated carbocycles. The Morgan fingerprint density at radius 2 is 2.45 bits per heavy atom. The number of ether oxygens (including phenoxy) is 1. The lowest BCUT2D eigenvalue weighted by atomic mass is 9.90. The Morgan fingerprint density at radius 1 is 1.73 bits per heavy atom. The van der Waals surface area contributed by atoms with Crippen molar-refractivity contribution in [2.75, 3.05) is 0 Å². The van der Waals surface area contributed by atoms with Gasteiger partial charge in [0.15, 0.2) is 6.10 Å². The summed E-state index contributed by atoms with van der Waals surface area (Å²) in [5, 5.41) is 8.38. The van der Waals surface area contributed by atoms with Gasteiger partial charge in [0.1, 0.15) is 4.98 Å². The molecule has 4 nitrogen and oxygen atoms in total. The molecule has 0 N–H and O–H groups in total. The van der Waals surface area contributed by atoms with Crippen LogP contribution in [0.2, 0.25) is 0 Å². The predicted molar refractivity (Wildman–Crippen MR) is 38.3 cm³/mol. The van der Waals surface area contributed by atoms with Crippen LogP contribution >= 0.6 is 0 Å². The number of carbonyl (C=O) groups excluding carboxylic acids is 1. The Kier molecular flexibility index (Phi) is 2.42. The molecule has 11 heavy (non-hydrogen) atoms. The monoisotopic (exact) mass is 155 g/mol. The van der Waals surface area contributed by atoms with Crippen molar-refractivity contribution >= 4 is 5.97 Å². The summed E-state index contributed by atoms with van der Waals surface area (Å²) in [6.45, 7) is 1.74. The Hall–Kier alpha value is -1.11. The molecule has 0 heterocycles. The van der Waals surface area contributed by atoms with Crippen molar-refractivity contribution in [1.82, 2.24) is 0 Å². The Labute approximate surface area is 65.2 Å². The van der Waals surface area contributed by atoms with Crippen molar-refractivity contribution in [3.05, 3.63) is 4.98 Å². The lowest BCUT2D eigenvalue weighted by molar-refractivity contribution is -0.153. The highest BCUT2D eigenvalue weighted by Crippen LogP contribution is 2.26. The van der Waals surface area contributed by atoms with Crippen molar-refractivity contribution in [2.45, 2.75) is 38.3 Å². The van der Waals surface area contributed by atoms with Crippen LogP contribution in [0.25, 0.3) is 4.98 Å². The SMILES string of the molecule is CCC(=O)OC1CCC1[N+]#N. The van der Waals surface area contributed by atoms with Gasteiger partial charge in [-0.25, -0.2) is 0 Å². The molecule has 2 unspecified atom stereocenters. The fourth-order valence-electron chi connectivity index (χ4n) is 0.974. The average Bonchev–Trinajstić information content (AvgIpc) is 1.98. The smallest absolute Gasteiger partial charge is 0.350 e. The van der Waals surface area contributed by atoms with Gasteiger partial charge in [-0.15, -0.1) is 0 Å². The maximum Gasteiger partial charge on any atom is 0.350 e. The summed E-state index contributed by atoms with van der Waals surface area (Å²) in [5.74, 6) is -0.219. The normalized spacial score (nSPS) is 28.4. The van der Waals surface area contributed by atoms with Gasteiger partial charge in [0.2, 0.25) is 5.39 Å². The Balaban J connectivity index is 2.29. The Morgan fingerprint density at radius 3 is 2.82 bits per heavy atom. The van der Waals surface area contributed by atoms with Crippen LogP contribution in [0.15, 0.2) is 0 Å². The van der Waals surface area contributed by atoms with E-state index in [4.69, 9.17) is 10.1 Å². The minimum Gasteiger partial charge on any atom is -0.454 e. The Bertz CT molecular complexity index is 197. The van der Waals surface area contributed by atoms with Crippen molar-refractivity contribution in [3.63, 3.8) is 0 Å². The molecule has 0 spiro atoms. The van der Waals surface area contributed by atoms with Gasteiger partial charge in [-0.1, -0.05) is 6.92 Å². The molecular formula is C7H11N2O2+. The number of diazo groups is 1. The number of carbonyl (C=O) groups is 1. The van der Waals surface area contributed by atoms with Crippen LogP contribution in [0.5, 0.6) is 0 Å². The van der Waals surface area contributed by atoms with E-state index in [1.165, 1.54) is 0 Å². The topological polar surface area (TPSA) is 54.5 Å². The molecular weight excluding hydrogens is 144 g/mol. The van der Waals surface area contributed by atoms with Crippen LogP contribution in [0.4, 0.5) is 0 Å². The van der Waals surface area contributed by atoms with Crippen molar-refractivity contribution in [3.8, 4) is 0 Å². The first-order valence-electron chi connectivity index (χ1n) is 3.81. The van der Waals surface area contributed by atoms with E-state index in [2.05, 4.69) is 4.98 Å².